The normalized spacial score (nSPS) is 22.1. The molecule has 11 heteroatoms. The first-order chi connectivity index (χ1) is 16.7. The van der Waals surface area contributed by atoms with Gasteiger partial charge in [0.1, 0.15) is 17.8 Å². The summed E-state index contributed by atoms with van der Waals surface area (Å²) >= 11 is 0. The molecule has 2 aromatic carbocycles. The van der Waals surface area contributed by atoms with Gasteiger partial charge in [-0.15, -0.1) is 0 Å². The van der Waals surface area contributed by atoms with Crippen LogP contribution in [-0.4, -0.2) is 41.7 Å². The van der Waals surface area contributed by atoms with Crippen LogP contribution in [0.15, 0.2) is 42.5 Å². The van der Waals surface area contributed by atoms with Crippen LogP contribution in [0, 0.1) is 0 Å². The second-order valence-corrected chi connectivity index (χ2v) is 8.88. The zero-order chi connectivity index (χ0) is 24.8. The number of imide groups is 1. The smallest absolute Gasteiger partial charge is 0.387 e. The number of rotatable bonds is 6. The fraction of sp³-hybridized carbons (Fsp3) is 0.375. The molecular formula is C24H23F2N3O6. The first kappa shape index (κ1) is 22.9. The summed E-state index contributed by atoms with van der Waals surface area (Å²) in [5, 5.41) is 5.25. The van der Waals surface area contributed by atoms with E-state index in [0.717, 1.165) is 30.6 Å². The van der Waals surface area contributed by atoms with Crippen LogP contribution in [0.3, 0.4) is 0 Å². The Labute approximate surface area is 199 Å². The molecule has 1 atom stereocenters. The zero-order valence-electron chi connectivity index (χ0n) is 18.8. The molecule has 9 nitrogen and oxygen atoms in total. The van der Waals surface area contributed by atoms with Gasteiger partial charge in [-0.25, -0.2) is 4.79 Å². The van der Waals surface area contributed by atoms with E-state index in [1.54, 1.807) is 18.2 Å². The number of hydrogen-bond acceptors (Lipinski definition) is 6. The molecule has 1 saturated carbocycles. The Morgan fingerprint density at radius 2 is 1.80 bits per heavy atom. The molecule has 0 radical (unpaired) electrons. The molecular weight excluding hydrogens is 464 g/mol. The molecule has 2 heterocycles. The number of carbonyl (C=O) groups excluding carboxylic acids is 3. The number of urea groups is 1. The lowest BCUT2D eigenvalue weighted by molar-refractivity contribution is -0.133. The van der Waals surface area contributed by atoms with Gasteiger partial charge in [0, 0.05) is 24.6 Å². The van der Waals surface area contributed by atoms with Gasteiger partial charge < -0.3 is 24.8 Å². The number of alkyl halides is 2. The van der Waals surface area contributed by atoms with Crippen molar-refractivity contribution in [3.05, 3.63) is 48.0 Å². The van der Waals surface area contributed by atoms with Crippen LogP contribution < -0.4 is 24.8 Å². The van der Waals surface area contributed by atoms with Gasteiger partial charge in [0.15, 0.2) is 11.5 Å². The van der Waals surface area contributed by atoms with Crippen molar-refractivity contribution in [1.82, 2.24) is 10.2 Å². The van der Waals surface area contributed by atoms with E-state index < -0.39 is 42.3 Å². The maximum Gasteiger partial charge on any atom is 0.387 e. The molecule has 2 fully saturated rings. The number of carbonyl (C=O) groups is 3. The predicted molar refractivity (Wildman–Crippen MR) is 118 cm³/mol. The summed E-state index contributed by atoms with van der Waals surface area (Å²) in [5.74, 6) is -0.782. The lowest BCUT2D eigenvalue weighted by atomic mass is 9.92. The van der Waals surface area contributed by atoms with Crippen molar-refractivity contribution >= 4 is 23.5 Å². The van der Waals surface area contributed by atoms with E-state index in [9.17, 15) is 23.2 Å². The number of fused-ring (bicyclic) bond motifs is 1. The quantitative estimate of drug-likeness (QED) is 0.602. The van der Waals surface area contributed by atoms with Gasteiger partial charge in [0.2, 0.25) is 5.91 Å². The third-order valence-electron chi connectivity index (χ3n) is 6.42. The van der Waals surface area contributed by atoms with Gasteiger partial charge >= 0.3 is 12.6 Å². The number of benzene rings is 2. The summed E-state index contributed by atoms with van der Waals surface area (Å²) in [5.41, 5.74) is -0.663. The van der Waals surface area contributed by atoms with E-state index in [1.807, 2.05) is 0 Å². The molecule has 1 aliphatic carbocycles. The van der Waals surface area contributed by atoms with E-state index in [1.165, 1.54) is 31.2 Å². The molecule has 4 amide bonds. The molecule has 35 heavy (non-hydrogen) atoms. The van der Waals surface area contributed by atoms with Gasteiger partial charge in [0.05, 0.1) is 0 Å². The Kier molecular flexibility index (Phi) is 5.49. The summed E-state index contributed by atoms with van der Waals surface area (Å²) in [4.78, 5) is 39.0. The van der Waals surface area contributed by atoms with Crippen LogP contribution in [0.25, 0.3) is 0 Å². The zero-order valence-corrected chi connectivity index (χ0v) is 18.8. The van der Waals surface area contributed by atoms with Crippen molar-refractivity contribution in [3.8, 4) is 17.2 Å². The number of nitrogens with one attached hydrogen (secondary N) is 2. The van der Waals surface area contributed by atoms with E-state index in [2.05, 4.69) is 15.4 Å². The van der Waals surface area contributed by atoms with E-state index in [0.29, 0.717) is 22.7 Å². The molecule has 5 rings (SSSR count). The molecule has 1 spiro atoms. The summed E-state index contributed by atoms with van der Waals surface area (Å²) < 4.78 is 41.0. The first-order valence-electron chi connectivity index (χ1n) is 11.2. The second-order valence-electron chi connectivity index (χ2n) is 8.88. The SMILES string of the molecule is CC1(c2ccc(OC(F)F)cc2)NC(=O)N(CC(=O)Nc2ccc3c(c2)OC2(CCCC2)O3)C1=O. The van der Waals surface area contributed by atoms with Crippen LogP contribution in [0.2, 0.25) is 0 Å². The van der Waals surface area contributed by atoms with Gasteiger partial charge in [0.25, 0.3) is 11.7 Å². The molecule has 3 aliphatic rings. The summed E-state index contributed by atoms with van der Waals surface area (Å²) in [6.07, 6.45) is 3.65. The average molecular weight is 487 g/mol. The third-order valence-corrected chi connectivity index (χ3v) is 6.42. The molecule has 2 N–H and O–H groups in total. The number of anilines is 1. The highest BCUT2D eigenvalue weighted by molar-refractivity contribution is 6.10. The van der Waals surface area contributed by atoms with Gasteiger partial charge in [-0.3, -0.25) is 14.5 Å². The fourth-order valence-corrected chi connectivity index (χ4v) is 4.64. The van der Waals surface area contributed by atoms with Crippen LogP contribution in [0.4, 0.5) is 19.3 Å². The Morgan fingerprint density at radius 3 is 2.49 bits per heavy atom. The molecule has 2 aliphatic heterocycles. The topological polar surface area (TPSA) is 106 Å². The minimum Gasteiger partial charge on any atom is -0.448 e. The van der Waals surface area contributed by atoms with Crippen molar-refractivity contribution in [2.75, 3.05) is 11.9 Å². The molecule has 184 valence electrons. The highest BCUT2D eigenvalue weighted by Crippen LogP contribution is 2.47. The molecule has 1 saturated heterocycles. The number of ether oxygens (including phenoxy) is 3. The lowest BCUT2D eigenvalue weighted by Gasteiger charge is -2.22. The Hall–Kier alpha value is -3.89. The minimum atomic E-state index is -2.98. The lowest BCUT2D eigenvalue weighted by Crippen LogP contribution is -2.42. The van der Waals surface area contributed by atoms with Gasteiger partial charge in [-0.1, -0.05) is 12.1 Å². The number of amides is 4. The standard InChI is InChI=1S/C24H23F2N3O6/c1-23(14-4-7-16(8-5-14)33-21(25)26)20(31)29(22(32)28-23)13-19(30)27-15-6-9-17-18(12-15)35-24(34-17)10-2-3-11-24/h4-9,12,21H,2-3,10-11,13H2,1H3,(H,27,30)(H,28,32). The molecule has 1 unspecified atom stereocenters. The Bertz CT molecular complexity index is 1180. The fourth-order valence-electron chi connectivity index (χ4n) is 4.64. The summed E-state index contributed by atoms with van der Waals surface area (Å²) in [7, 11) is 0. The van der Waals surface area contributed by atoms with E-state index in [4.69, 9.17) is 9.47 Å². The van der Waals surface area contributed by atoms with Crippen LogP contribution in [-0.2, 0) is 15.1 Å². The van der Waals surface area contributed by atoms with Crippen molar-refractivity contribution in [2.45, 2.75) is 50.5 Å². The van der Waals surface area contributed by atoms with Crippen molar-refractivity contribution < 1.29 is 37.4 Å². The van der Waals surface area contributed by atoms with Crippen molar-refractivity contribution in [3.63, 3.8) is 0 Å². The average Bonchev–Trinajstić information content (AvgIpc) is 3.47. The van der Waals surface area contributed by atoms with Crippen LogP contribution >= 0.6 is 0 Å². The number of hydrogen-bond donors (Lipinski definition) is 2. The maximum absolute atomic E-state index is 13.1. The van der Waals surface area contributed by atoms with Crippen molar-refractivity contribution in [2.24, 2.45) is 0 Å². The summed E-state index contributed by atoms with van der Waals surface area (Å²) in [6.45, 7) is -2.01. The largest absolute Gasteiger partial charge is 0.448 e. The molecule has 0 bridgehead atoms. The summed E-state index contributed by atoms with van der Waals surface area (Å²) in [6, 6.07) is 9.64. The number of nitrogens with zero attached hydrogens (tertiary/aromatic N) is 1. The highest BCUT2D eigenvalue weighted by atomic mass is 19.3. The first-order valence-corrected chi connectivity index (χ1v) is 11.2. The number of halogens is 2. The van der Waals surface area contributed by atoms with Gasteiger partial charge in [-0.05, 0) is 49.6 Å². The second kappa shape index (κ2) is 8.40. The minimum absolute atomic E-state index is 0.0806. The maximum atomic E-state index is 13.1. The third kappa shape index (κ3) is 4.22. The Balaban J connectivity index is 1.24. The van der Waals surface area contributed by atoms with Crippen molar-refractivity contribution in [1.29, 1.82) is 0 Å². The van der Waals surface area contributed by atoms with E-state index in [-0.39, 0.29) is 5.75 Å². The monoisotopic (exact) mass is 487 g/mol. The molecule has 0 aromatic heterocycles. The Morgan fingerprint density at radius 1 is 1.11 bits per heavy atom. The highest BCUT2D eigenvalue weighted by Gasteiger charge is 2.49. The van der Waals surface area contributed by atoms with Crippen LogP contribution in [0.1, 0.15) is 38.2 Å². The predicted octanol–water partition coefficient (Wildman–Crippen LogP) is 3.74. The van der Waals surface area contributed by atoms with E-state index >= 15 is 0 Å². The van der Waals surface area contributed by atoms with Gasteiger partial charge in [-0.2, -0.15) is 8.78 Å². The van der Waals surface area contributed by atoms with Crippen LogP contribution in [0.5, 0.6) is 17.2 Å². The molecule has 2 aromatic rings.